The first-order valence-electron chi connectivity index (χ1n) is 6.87. The topological polar surface area (TPSA) is 64.7 Å². The minimum absolute atomic E-state index is 0.176. The fourth-order valence-corrected chi connectivity index (χ4v) is 2.91. The molecule has 1 aromatic carbocycles. The standard InChI is InChI=1S/C15H16ClN5O/c1-9(14-19-17-8-20(14)2)18-15(22)12-7-10-5-4-6-11(16)13(10)21(12)3/h4-9H,1-3H3,(H,18,22). The van der Waals surface area contributed by atoms with Crippen molar-refractivity contribution in [3.05, 3.63) is 47.1 Å². The number of halogens is 1. The molecule has 1 amide bonds. The van der Waals surface area contributed by atoms with E-state index in [1.54, 1.807) is 15.5 Å². The Morgan fingerprint density at radius 1 is 1.36 bits per heavy atom. The van der Waals surface area contributed by atoms with Gasteiger partial charge in [-0.25, -0.2) is 0 Å². The van der Waals surface area contributed by atoms with Gasteiger partial charge in [-0.15, -0.1) is 10.2 Å². The fraction of sp³-hybridized carbons (Fsp3) is 0.267. The lowest BCUT2D eigenvalue weighted by atomic mass is 10.2. The molecule has 0 radical (unpaired) electrons. The number of para-hydroxylation sites is 1. The lowest BCUT2D eigenvalue weighted by Crippen LogP contribution is -2.29. The van der Waals surface area contributed by atoms with Crippen LogP contribution >= 0.6 is 11.6 Å². The van der Waals surface area contributed by atoms with Gasteiger partial charge in [0.2, 0.25) is 0 Å². The van der Waals surface area contributed by atoms with Crippen LogP contribution in [0.25, 0.3) is 10.9 Å². The number of fused-ring (bicyclic) bond motifs is 1. The predicted molar refractivity (Wildman–Crippen MR) is 84.8 cm³/mol. The van der Waals surface area contributed by atoms with Gasteiger partial charge in [0, 0.05) is 19.5 Å². The van der Waals surface area contributed by atoms with Gasteiger partial charge in [-0.1, -0.05) is 23.7 Å². The molecule has 0 aliphatic carbocycles. The zero-order chi connectivity index (χ0) is 15.9. The summed E-state index contributed by atoms with van der Waals surface area (Å²) in [6, 6.07) is 7.21. The van der Waals surface area contributed by atoms with Gasteiger partial charge < -0.3 is 14.5 Å². The average Bonchev–Trinajstić information content (AvgIpc) is 3.03. The Bertz CT molecular complexity index is 851. The third kappa shape index (κ3) is 2.35. The molecule has 3 aromatic rings. The van der Waals surface area contributed by atoms with Crippen molar-refractivity contribution in [1.29, 1.82) is 0 Å². The van der Waals surface area contributed by atoms with Crippen molar-refractivity contribution in [2.24, 2.45) is 14.1 Å². The quantitative estimate of drug-likeness (QED) is 0.807. The third-order valence-corrected chi connectivity index (χ3v) is 4.03. The van der Waals surface area contributed by atoms with Crippen LogP contribution in [0.4, 0.5) is 0 Å². The van der Waals surface area contributed by atoms with Crippen LogP contribution in [-0.2, 0) is 14.1 Å². The minimum atomic E-state index is -0.242. The van der Waals surface area contributed by atoms with E-state index < -0.39 is 0 Å². The largest absolute Gasteiger partial charge is 0.341 e. The highest BCUT2D eigenvalue weighted by Crippen LogP contribution is 2.26. The molecular formula is C15H16ClN5O. The monoisotopic (exact) mass is 317 g/mol. The molecule has 22 heavy (non-hydrogen) atoms. The van der Waals surface area contributed by atoms with Crippen LogP contribution in [0.1, 0.15) is 29.3 Å². The molecule has 1 atom stereocenters. The highest BCUT2D eigenvalue weighted by molar-refractivity contribution is 6.35. The van der Waals surface area contributed by atoms with E-state index in [1.807, 2.05) is 45.3 Å². The van der Waals surface area contributed by atoms with Crippen molar-refractivity contribution in [3.63, 3.8) is 0 Å². The van der Waals surface area contributed by atoms with Crippen LogP contribution in [0.3, 0.4) is 0 Å². The SMILES string of the molecule is CC(NC(=O)c1cc2cccc(Cl)c2n1C)c1nncn1C. The minimum Gasteiger partial charge on any atom is -0.341 e. The van der Waals surface area contributed by atoms with E-state index in [4.69, 9.17) is 11.6 Å². The van der Waals surface area contributed by atoms with Gasteiger partial charge in [-0.3, -0.25) is 4.79 Å². The normalized spacial score (nSPS) is 12.5. The summed E-state index contributed by atoms with van der Waals surface area (Å²) >= 11 is 6.21. The molecule has 1 unspecified atom stereocenters. The number of benzene rings is 1. The van der Waals surface area contributed by atoms with Gasteiger partial charge in [0.1, 0.15) is 12.0 Å². The van der Waals surface area contributed by atoms with Crippen molar-refractivity contribution in [1.82, 2.24) is 24.6 Å². The van der Waals surface area contributed by atoms with E-state index in [-0.39, 0.29) is 11.9 Å². The second kappa shape index (κ2) is 5.46. The fourth-order valence-electron chi connectivity index (χ4n) is 2.60. The van der Waals surface area contributed by atoms with Crippen LogP contribution in [0.15, 0.2) is 30.6 Å². The summed E-state index contributed by atoms with van der Waals surface area (Å²) in [5, 5.41) is 12.3. The summed E-state index contributed by atoms with van der Waals surface area (Å²) in [6.07, 6.45) is 1.61. The highest BCUT2D eigenvalue weighted by Gasteiger charge is 2.19. The number of carbonyl (C=O) groups excluding carboxylic acids is 1. The highest BCUT2D eigenvalue weighted by atomic mass is 35.5. The van der Waals surface area contributed by atoms with E-state index in [1.165, 1.54) is 0 Å². The van der Waals surface area contributed by atoms with Crippen molar-refractivity contribution in [2.75, 3.05) is 0 Å². The molecule has 0 saturated heterocycles. The molecule has 0 aliphatic rings. The number of hydrogen-bond acceptors (Lipinski definition) is 3. The molecular weight excluding hydrogens is 302 g/mol. The molecule has 0 aliphatic heterocycles. The molecule has 7 heteroatoms. The maximum atomic E-state index is 12.5. The third-order valence-electron chi connectivity index (χ3n) is 3.72. The van der Waals surface area contributed by atoms with Gasteiger partial charge in [-0.2, -0.15) is 0 Å². The molecule has 0 saturated carbocycles. The zero-order valence-corrected chi connectivity index (χ0v) is 13.3. The first kappa shape index (κ1) is 14.6. The molecule has 6 nitrogen and oxygen atoms in total. The first-order chi connectivity index (χ1) is 10.5. The number of aromatic nitrogens is 4. The van der Waals surface area contributed by atoms with E-state index in [9.17, 15) is 4.79 Å². The van der Waals surface area contributed by atoms with Crippen molar-refractivity contribution in [2.45, 2.75) is 13.0 Å². The van der Waals surface area contributed by atoms with Crippen LogP contribution in [0, 0.1) is 0 Å². The van der Waals surface area contributed by atoms with Gasteiger partial charge in [-0.05, 0) is 19.1 Å². The average molecular weight is 318 g/mol. The van der Waals surface area contributed by atoms with Gasteiger partial charge in [0.05, 0.1) is 16.6 Å². The second-order valence-electron chi connectivity index (χ2n) is 5.26. The summed E-state index contributed by atoms with van der Waals surface area (Å²) in [5.41, 5.74) is 1.40. The molecule has 0 spiro atoms. The lowest BCUT2D eigenvalue weighted by Gasteiger charge is -2.13. The second-order valence-corrected chi connectivity index (χ2v) is 5.67. The Balaban J connectivity index is 1.91. The van der Waals surface area contributed by atoms with E-state index in [0.29, 0.717) is 16.5 Å². The predicted octanol–water partition coefficient (Wildman–Crippen LogP) is 2.45. The number of nitrogens with zero attached hydrogens (tertiary/aromatic N) is 4. The van der Waals surface area contributed by atoms with Gasteiger partial charge >= 0.3 is 0 Å². The van der Waals surface area contributed by atoms with Crippen LogP contribution in [0.2, 0.25) is 5.02 Å². The van der Waals surface area contributed by atoms with E-state index in [2.05, 4.69) is 15.5 Å². The van der Waals surface area contributed by atoms with Gasteiger partial charge in [0.25, 0.3) is 5.91 Å². The Morgan fingerprint density at radius 3 is 2.77 bits per heavy atom. The number of hydrogen-bond donors (Lipinski definition) is 1. The number of aryl methyl sites for hydroxylation is 2. The summed E-state index contributed by atoms with van der Waals surface area (Å²) in [5.74, 6) is 0.524. The Morgan fingerprint density at radius 2 is 2.14 bits per heavy atom. The summed E-state index contributed by atoms with van der Waals surface area (Å²) in [4.78, 5) is 12.5. The van der Waals surface area contributed by atoms with Crippen LogP contribution in [0.5, 0.6) is 0 Å². The van der Waals surface area contributed by atoms with E-state index >= 15 is 0 Å². The molecule has 2 aromatic heterocycles. The van der Waals surface area contributed by atoms with Crippen molar-refractivity contribution in [3.8, 4) is 0 Å². The number of carbonyl (C=O) groups is 1. The summed E-state index contributed by atoms with van der Waals surface area (Å²) < 4.78 is 3.58. The lowest BCUT2D eigenvalue weighted by molar-refractivity contribution is 0.0930. The van der Waals surface area contributed by atoms with Crippen LogP contribution < -0.4 is 5.32 Å². The maximum absolute atomic E-state index is 12.5. The van der Waals surface area contributed by atoms with Gasteiger partial charge in [0.15, 0.2) is 5.82 Å². The maximum Gasteiger partial charge on any atom is 0.268 e. The Hall–Kier alpha value is -2.34. The van der Waals surface area contributed by atoms with E-state index in [0.717, 1.165) is 10.9 Å². The van der Waals surface area contributed by atoms with Crippen molar-refractivity contribution >= 4 is 28.4 Å². The Labute approximate surface area is 132 Å². The van der Waals surface area contributed by atoms with Crippen LogP contribution in [-0.4, -0.2) is 25.2 Å². The van der Waals surface area contributed by atoms with Crippen molar-refractivity contribution < 1.29 is 4.79 Å². The summed E-state index contributed by atoms with van der Waals surface area (Å²) in [7, 11) is 3.67. The molecule has 0 bridgehead atoms. The molecule has 2 heterocycles. The zero-order valence-electron chi connectivity index (χ0n) is 12.5. The molecule has 1 N–H and O–H groups in total. The molecule has 114 valence electrons. The number of rotatable bonds is 3. The number of nitrogens with one attached hydrogen (secondary N) is 1. The first-order valence-corrected chi connectivity index (χ1v) is 7.25. The Kier molecular flexibility index (Phi) is 3.62. The molecule has 3 rings (SSSR count). The molecule has 0 fully saturated rings. The summed E-state index contributed by atoms with van der Waals surface area (Å²) in [6.45, 7) is 1.87. The smallest absolute Gasteiger partial charge is 0.268 e. The number of amides is 1.